The minimum absolute atomic E-state index is 0.0173. The maximum absolute atomic E-state index is 12.9. The molecule has 28 heavy (non-hydrogen) atoms. The molecular weight excluding hydrogens is 400 g/mol. The van der Waals surface area contributed by atoms with Gasteiger partial charge in [0, 0.05) is 25.9 Å². The van der Waals surface area contributed by atoms with Gasteiger partial charge in [0.1, 0.15) is 5.72 Å². The maximum Gasteiger partial charge on any atom is 0.243 e. The fourth-order valence-corrected chi connectivity index (χ4v) is 6.58. The highest BCUT2D eigenvalue weighted by molar-refractivity contribution is 7.89. The van der Waals surface area contributed by atoms with E-state index < -0.39 is 25.8 Å². The highest BCUT2D eigenvalue weighted by Crippen LogP contribution is 2.28. The summed E-state index contributed by atoms with van der Waals surface area (Å²) in [5.41, 5.74) is -0.486. The minimum Gasteiger partial charge on any atom is -0.375 e. The van der Waals surface area contributed by atoms with Crippen molar-refractivity contribution in [3.8, 4) is 0 Å². The molecule has 0 bridgehead atoms. The molecule has 7 nitrogen and oxygen atoms in total. The highest BCUT2D eigenvalue weighted by Gasteiger charge is 2.40. The molecule has 2 N–H and O–H groups in total. The van der Waals surface area contributed by atoms with Crippen LogP contribution in [0.3, 0.4) is 0 Å². The molecule has 2 aromatic rings. The van der Waals surface area contributed by atoms with E-state index in [2.05, 4.69) is 4.72 Å². The van der Waals surface area contributed by atoms with E-state index in [0.717, 1.165) is 0 Å². The van der Waals surface area contributed by atoms with Gasteiger partial charge in [0.15, 0.2) is 0 Å². The molecule has 0 unspecified atom stereocenters. The number of hydrogen-bond donors (Lipinski definition) is 2. The average molecular weight is 425 g/mol. The summed E-state index contributed by atoms with van der Waals surface area (Å²) in [5, 5.41) is 10.8. The van der Waals surface area contributed by atoms with Crippen molar-refractivity contribution in [2.45, 2.75) is 42.2 Å². The van der Waals surface area contributed by atoms with Crippen molar-refractivity contribution in [1.82, 2.24) is 9.03 Å². The largest absolute Gasteiger partial charge is 0.375 e. The Morgan fingerprint density at radius 1 is 0.857 bits per heavy atom. The number of hydrogen-bond acceptors (Lipinski definition) is 5. The van der Waals surface area contributed by atoms with Gasteiger partial charge in [-0.3, -0.25) is 0 Å². The Balaban J connectivity index is 1.76. The fraction of sp³-hybridized carbons (Fsp3) is 0.368. The quantitative estimate of drug-likeness (QED) is 0.712. The summed E-state index contributed by atoms with van der Waals surface area (Å²) < 4.78 is 54.7. The van der Waals surface area contributed by atoms with Crippen LogP contribution in [0.1, 0.15) is 24.0 Å². The molecule has 9 heteroatoms. The van der Waals surface area contributed by atoms with Crippen molar-refractivity contribution in [3.05, 3.63) is 59.7 Å². The normalized spacial score (nSPS) is 18.1. The van der Waals surface area contributed by atoms with Gasteiger partial charge >= 0.3 is 0 Å². The predicted molar refractivity (Wildman–Crippen MR) is 106 cm³/mol. The lowest BCUT2D eigenvalue weighted by atomic mass is 10.0. The number of aliphatic hydroxyl groups is 1. The number of benzene rings is 2. The number of piperidine rings is 1. The monoisotopic (exact) mass is 424 g/mol. The van der Waals surface area contributed by atoms with Gasteiger partial charge < -0.3 is 5.11 Å². The smallest absolute Gasteiger partial charge is 0.243 e. The van der Waals surface area contributed by atoms with E-state index in [1.807, 2.05) is 0 Å². The Kier molecular flexibility index (Phi) is 5.66. The second kappa shape index (κ2) is 7.57. The predicted octanol–water partition coefficient (Wildman–Crippen LogP) is 1.76. The Morgan fingerprint density at radius 2 is 1.32 bits per heavy atom. The summed E-state index contributed by atoms with van der Waals surface area (Å²) >= 11 is 0. The topological polar surface area (TPSA) is 104 Å². The lowest BCUT2D eigenvalue weighted by Gasteiger charge is -2.37. The first-order valence-electron chi connectivity index (χ1n) is 8.93. The first-order valence-corrected chi connectivity index (χ1v) is 11.9. The van der Waals surface area contributed by atoms with Crippen LogP contribution in [0.4, 0.5) is 0 Å². The first-order chi connectivity index (χ1) is 13.1. The van der Waals surface area contributed by atoms with Crippen LogP contribution in [0, 0.1) is 13.8 Å². The number of nitrogens with zero attached hydrogens (tertiary/aromatic N) is 1. The third-order valence-corrected chi connectivity index (χ3v) is 8.71. The first kappa shape index (κ1) is 20.9. The molecule has 0 aromatic heterocycles. The molecule has 1 heterocycles. The molecule has 0 aliphatic carbocycles. The zero-order valence-electron chi connectivity index (χ0n) is 15.8. The van der Waals surface area contributed by atoms with Crippen LogP contribution in [0.2, 0.25) is 0 Å². The molecule has 1 aliphatic heterocycles. The van der Waals surface area contributed by atoms with Gasteiger partial charge in [-0.2, -0.15) is 9.03 Å². The Morgan fingerprint density at radius 3 is 1.82 bits per heavy atom. The number of aryl methyl sites for hydroxylation is 2. The molecule has 152 valence electrons. The molecule has 0 amide bonds. The summed E-state index contributed by atoms with van der Waals surface area (Å²) in [6, 6.07) is 13.2. The van der Waals surface area contributed by atoms with Gasteiger partial charge in [-0.05, 0) is 37.1 Å². The van der Waals surface area contributed by atoms with Gasteiger partial charge in [-0.1, -0.05) is 36.4 Å². The molecule has 0 spiro atoms. The maximum atomic E-state index is 12.9. The van der Waals surface area contributed by atoms with Crippen molar-refractivity contribution in [1.29, 1.82) is 0 Å². The number of rotatable bonds is 5. The van der Waals surface area contributed by atoms with Gasteiger partial charge in [0.05, 0.1) is 9.79 Å². The van der Waals surface area contributed by atoms with E-state index in [4.69, 9.17) is 0 Å². The number of nitrogens with one attached hydrogen (secondary N) is 1. The molecule has 0 atom stereocenters. The Hall–Kier alpha value is -1.78. The van der Waals surface area contributed by atoms with Crippen molar-refractivity contribution in [2.24, 2.45) is 0 Å². The Bertz CT molecular complexity index is 1070. The fourth-order valence-electron chi connectivity index (χ4n) is 3.35. The van der Waals surface area contributed by atoms with Crippen molar-refractivity contribution in [2.75, 3.05) is 13.1 Å². The molecule has 3 rings (SSSR count). The molecule has 0 saturated carbocycles. The molecule has 1 saturated heterocycles. The lowest BCUT2D eigenvalue weighted by molar-refractivity contribution is -0.0148. The molecule has 0 radical (unpaired) electrons. The summed E-state index contributed by atoms with van der Waals surface area (Å²) in [4.78, 5) is 0.319. The SMILES string of the molecule is Cc1ccccc1S(=O)(=O)NC1(O)CCN(S(=O)(=O)c2ccccc2C)CC1. The summed E-state index contributed by atoms with van der Waals surface area (Å²) in [6.45, 7) is 3.44. The standard InChI is InChI=1S/C19H24N2O5S2/c1-15-7-3-5-9-17(15)27(23,24)20-19(22)11-13-21(14-12-19)28(25,26)18-10-6-4-8-16(18)2/h3-10,20,22H,11-14H2,1-2H3. The molecule has 2 aromatic carbocycles. The van der Waals surface area contributed by atoms with Crippen LogP contribution in [-0.4, -0.2) is 45.1 Å². The van der Waals surface area contributed by atoms with E-state index >= 15 is 0 Å². The van der Waals surface area contributed by atoms with Gasteiger partial charge in [-0.15, -0.1) is 0 Å². The van der Waals surface area contributed by atoms with Crippen molar-refractivity contribution >= 4 is 20.0 Å². The van der Waals surface area contributed by atoms with E-state index in [-0.39, 0.29) is 35.7 Å². The van der Waals surface area contributed by atoms with Crippen LogP contribution in [0.25, 0.3) is 0 Å². The van der Waals surface area contributed by atoms with E-state index in [0.29, 0.717) is 11.1 Å². The van der Waals surface area contributed by atoms with E-state index in [9.17, 15) is 21.9 Å². The highest BCUT2D eigenvalue weighted by atomic mass is 32.2. The van der Waals surface area contributed by atoms with Gasteiger partial charge in [-0.25, -0.2) is 16.8 Å². The lowest BCUT2D eigenvalue weighted by Crippen LogP contribution is -2.56. The average Bonchev–Trinajstić information content (AvgIpc) is 2.61. The van der Waals surface area contributed by atoms with Crippen molar-refractivity contribution < 1.29 is 21.9 Å². The van der Waals surface area contributed by atoms with E-state index in [1.54, 1.807) is 56.3 Å². The van der Waals surface area contributed by atoms with Crippen LogP contribution in [0.15, 0.2) is 58.3 Å². The summed E-state index contributed by atoms with van der Waals surface area (Å²) in [5.74, 6) is 0. The second-order valence-corrected chi connectivity index (χ2v) is 10.6. The Labute approximate surface area is 166 Å². The molecular formula is C19H24N2O5S2. The molecule has 1 fully saturated rings. The van der Waals surface area contributed by atoms with Crippen LogP contribution in [-0.2, 0) is 20.0 Å². The van der Waals surface area contributed by atoms with E-state index in [1.165, 1.54) is 10.4 Å². The van der Waals surface area contributed by atoms with Crippen LogP contribution in [0.5, 0.6) is 0 Å². The van der Waals surface area contributed by atoms with Crippen LogP contribution >= 0.6 is 0 Å². The third-order valence-electron chi connectivity index (χ3n) is 4.97. The third kappa shape index (κ3) is 4.13. The van der Waals surface area contributed by atoms with Crippen molar-refractivity contribution in [3.63, 3.8) is 0 Å². The minimum atomic E-state index is -3.93. The summed E-state index contributed by atoms with van der Waals surface area (Å²) in [6.07, 6.45) is -0.0769. The second-order valence-electron chi connectivity index (χ2n) is 7.07. The molecule has 1 aliphatic rings. The summed E-state index contributed by atoms with van der Waals surface area (Å²) in [7, 11) is -7.63. The number of sulfonamides is 2. The van der Waals surface area contributed by atoms with Gasteiger partial charge in [0.25, 0.3) is 0 Å². The van der Waals surface area contributed by atoms with Crippen LogP contribution < -0.4 is 4.72 Å². The zero-order valence-corrected chi connectivity index (χ0v) is 17.4. The zero-order chi connectivity index (χ0) is 20.6. The van der Waals surface area contributed by atoms with Gasteiger partial charge in [0.2, 0.25) is 20.0 Å².